The molecule has 2 N–H and O–H groups in total. The second kappa shape index (κ2) is 6.30. The van der Waals surface area contributed by atoms with E-state index in [1.807, 2.05) is 0 Å². The predicted octanol–water partition coefficient (Wildman–Crippen LogP) is 1.89. The highest BCUT2D eigenvalue weighted by Gasteiger charge is 2.37. The van der Waals surface area contributed by atoms with Crippen LogP contribution in [0, 0.1) is 5.92 Å². The number of sulfonamides is 1. The minimum absolute atomic E-state index is 0.0767. The Labute approximate surface area is 116 Å². The summed E-state index contributed by atoms with van der Waals surface area (Å²) in [4.78, 5) is 0.0767. The fraction of sp³-hybridized carbons (Fsp3) is 0.917. The molecule has 0 amide bonds. The van der Waals surface area contributed by atoms with Crippen LogP contribution >= 0.6 is 12.2 Å². The third-order valence-electron chi connectivity index (χ3n) is 3.98. The summed E-state index contributed by atoms with van der Waals surface area (Å²) >= 11 is 4.89. The molecule has 4 nitrogen and oxygen atoms in total. The fourth-order valence-corrected chi connectivity index (χ4v) is 5.12. The van der Waals surface area contributed by atoms with E-state index in [0.717, 1.165) is 19.3 Å². The number of hydrogen-bond donors (Lipinski definition) is 1. The van der Waals surface area contributed by atoms with Crippen LogP contribution in [0.4, 0.5) is 0 Å². The smallest absolute Gasteiger partial charge is 0.223 e. The van der Waals surface area contributed by atoms with Crippen molar-refractivity contribution in [3.8, 4) is 0 Å². The van der Waals surface area contributed by atoms with Crippen LogP contribution in [0.1, 0.15) is 46.0 Å². The maximum absolute atomic E-state index is 12.5. The summed E-state index contributed by atoms with van der Waals surface area (Å²) in [5.41, 5.74) is 5.56. The van der Waals surface area contributed by atoms with Crippen molar-refractivity contribution >= 4 is 27.2 Å². The van der Waals surface area contributed by atoms with E-state index < -0.39 is 15.3 Å². The first-order chi connectivity index (χ1) is 8.32. The van der Waals surface area contributed by atoms with Crippen LogP contribution in [0.3, 0.4) is 0 Å². The van der Waals surface area contributed by atoms with Crippen LogP contribution in [0.5, 0.6) is 0 Å². The molecule has 0 aliphatic heterocycles. The summed E-state index contributed by atoms with van der Waals surface area (Å²) in [5.74, 6) is 0.405. The van der Waals surface area contributed by atoms with Gasteiger partial charge in [-0.1, -0.05) is 38.9 Å². The van der Waals surface area contributed by atoms with Crippen molar-refractivity contribution in [1.29, 1.82) is 0 Å². The Hall–Kier alpha value is -0.200. The lowest BCUT2D eigenvalue weighted by Gasteiger charge is -2.37. The molecule has 0 spiro atoms. The Morgan fingerprint density at radius 2 is 2.00 bits per heavy atom. The van der Waals surface area contributed by atoms with Crippen LogP contribution in [-0.4, -0.2) is 36.1 Å². The zero-order valence-electron chi connectivity index (χ0n) is 11.4. The van der Waals surface area contributed by atoms with E-state index in [0.29, 0.717) is 12.3 Å². The number of rotatable bonds is 5. The lowest BCUT2D eigenvalue weighted by atomic mass is 9.86. The molecule has 0 saturated heterocycles. The topological polar surface area (TPSA) is 63.4 Å². The molecule has 6 heteroatoms. The molecule has 0 bridgehead atoms. The van der Waals surface area contributed by atoms with Crippen molar-refractivity contribution in [1.82, 2.24) is 4.31 Å². The van der Waals surface area contributed by atoms with Gasteiger partial charge in [-0.2, -0.15) is 0 Å². The minimum atomic E-state index is -3.42. The second-order valence-electron chi connectivity index (χ2n) is 5.19. The highest BCUT2D eigenvalue weighted by atomic mass is 32.2. The Morgan fingerprint density at radius 1 is 1.44 bits per heavy atom. The molecule has 106 valence electrons. The molecule has 3 unspecified atom stereocenters. The van der Waals surface area contributed by atoms with E-state index in [9.17, 15) is 8.42 Å². The summed E-state index contributed by atoms with van der Waals surface area (Å²) in [5, 5.41) is -0.730. The van der Waals surface area contributed by atoms with Gasteiger partial charge in [-0.25, -0.2) is 12.7 Å². The molecule has 0 aromatic heterocycles. The monoisotopic (exact) mass is 292 g/mol. The number of nitrogens with two attached hydrogens (primary N) is 1. The van der Waals surface area contributed by atoms with E-state index >= 15 is 0 Å². The van der Waals surface area contributed by atoms with Gasteiger partial charge in [-0.15, -0.1) is 0 Å². The predicted molar refractivity (Wildman–Crippen MR) is 79.0 cm³/mol. The van der Waals surface area contributed by atoms with E-state index in [1.54, 1.807) is 14.0 Å². The van der Waals surface area contributed by atoms with Crippen molar-refractivity contribution in [3.63, 3.8) is 0 Å². The Bertz CT molecular complexity index is 395. The van der Waals surface area contributed by atoms with Crippen LogP contribution in [-0.2, 0) is 10.0 Å². The average Bonchev–Trinajstić information content (AvgIpc) is 2.28. The molecular formula is C12H24N2O2S2. The van der Waals surface area contributed by atoms with Crippen LogP contribution in [0.25, 0.3) is 0 Å². The first-order valence-electron chi connectivity index (χ1n) is 6.58. The lowest BCUT2D eigenvalue weighted by molar-refractivity contribution is 0.212. The Balaban J connectivity index is 2.93. The van der Waals surface area contributed by atoms with Gasteiger partial charge in [-0.05, 0) is 25.2 Å². The maximum Gasteiger partial charge on any atom is 0.223 e. The maximum atomic E-state index is 12.5. The first-order valence-corrected chi connectivity index (χ1v) is 8.49. The zero-order valence-corrected chi connectivity index (χ0v) is 13.1. The van der Waals surface area contributed by atoms with Crippen molar-refractivity contribution in [2.45, 2.75) is 57.2 Å². The second-order valence-corrected chi connectivity index (χ2v) is 7.84. The van der Waals surface area contributed by atoms with E-state index in [-0.39, 0.29) is 11.0 Å². The molecule has 3 atom stereocenters. The summed E-state index contributed by atoms with van der Waals surface area (Å²) in [6.07, 6.45) is 4.75. The molecule has 1 rings (SSSR count). The third-order valence-corrected chi connectivity index (χ3v) is 6.80. The van der Waals surface area contributed by atoms with Crippen molar-refractivity contribution in [2.24, 2.45) is 11.7 Å². The molecule has 0 radical (unpaired) electrons. The molecular weight excluding hydrogens is 268 g/mol. The van der Waals surface area contributed by atoms with Crippen molar-refractivity contribution in [2.75, 3.05) is 7.05 Å². The van der Waals surface area contributed by atoms with Gasteiger partial charge in [-0.3, -0.25) is 0 Å². The summed E-state index contributed by atoms with van der Waals surface area (Å²) < 4.78 is 26.5. The van der Waals surface area contributed by atoms with Crippen LogP contribution in [0.15, 0.2) is 0 Å². The highest BCUT2D eigenvalue weighted by molar-refractivity contribution is 7.92. The van der Waals surface area contributed by atoms with E-state index in [4.69, 9.17) is 18.0 Å². The Morgan fingerprint density at radius 3 is 2.44 bits per heavy atom. The van der Waals surface area contributed by atoms with Gasteiger partial charge in [0.25, 0.3) is 0 Å². The summed E-state index contributed by atoms with van der Waals surface area (Å²) in [7, 11) is -1.75. The minimum Gasteiger partial charge on any atom is -0.392 e. The standard InChI is InChI=1S/C12H24N2O2S2/c1-4-11(12(13)17)18(15,16)14(3)10-8-6-5-7-9(10)2/h9-11H,4-8H2,1-3H3,(H2,13,17). The highest BCUT2D eigenvalue weighted by Crippen LogP contribution is 2.30. The SMILES string of the molecule is CCC(C(N)=S)S(=O)(=O)N(C)C1CCCCC1C. The largest absolute Gasteiger partial charge is 0.392 e. The fourth-order valence-electron chi connectivity index (χ4n) is 2.78. The zero-order chi connectivity index (χ0) is 13.9. The Kier molecular flexibility index (Phi) is 5.55. The molecule has 1 saturated carbocycles. The van der Waals surface area contributed by atoms with Gasteiger partial charge in [0, 0.05) is 13.1 Å². The van der Waals surface area contributed by atoms with Gasteiger partial charge in [0.2, 0.25) is 10.0 Å². The molecule has 1 aliphatic carbocycles. The molecule has 18 heavy (non-hydrogen) atoms. The van der Waals surface area contributed by atoms with E-state index in [2.05, 4.69) is 6.92 Å². The summed E-state index contributed by atoms with van der Waals surface area (Å²) in [6, 6.07) is 0.0900. The van der Waals surface area contributed by atoms with Gasteiger partial charge in [0.05, 0.1) is 4.99 Å². The molecule has 1 aliphatic rings. The average molecular weight is 292 g/mol. The van der Waals surface area contributed by atoms with Gasteiger partial charge >= 0.3 is 0 Å². The molecule has 0 aromatic rings. The first kappa shape index (κ1) is 15.9. The van der Waals surface area contributed by atoms with Crippen LogP contribution in [0.2, 0.25) is 0 Å². The quantitative estimate of drug-likeness (QED) is 0.786. The van der Waals surface area contributed by atoms with E-state index in [1.165, 1.54) is 10.7 Å². The van der Waals surface area contributed by atoms with Crippen molar-refractivity contribution < 1.29 is 8.42 Å². The summed E-state index contributed by atoms with van der Waals surface area (Å²) in [6.45, 7) is 3.93. The number of thiocarbonyl (C=S) groups is 1. The molecule has 0 heterocycles. The third kappa shape index (κ3) is 3.22. The van der Waals surface area contributed by atoms with Crippen LogP contribution < -0.4 is 5.73 Å². The number of hydrogen-bond acceptors (Lipinski definition) is 3. The van der Waals surface area contributed by atoms with Gasteiger partial charge < -0.3 is 5.73 Å². The van der Waals surface area contributed by atoms with Gasteiger partial charge in [0.1, 0.15) is 5.25 Å². The van der Waals surface area contributed by atoms with Gasteiger partial charge in [0.15, 0.2) is 0 Å². The molecule has 1 fully saturated rings. The van der Waals surface area contributed by atoms with Crippen molar-refractivity contribution in [3.05, 3.63) is 0 Å². The molecule has 0 aromatic carbocycles. The lowest BCUT2D eigenvalue weighted by Crippen LogP contribution is -2.49. The normalized spacial score (nSPS) is 27.1. The number of nitrogens with zero attached hydrogens (tertiary/aromatic N) is 1.